The summed E-state index contributed by atoms with van der Waals surface area (Å²) < 4.78 is 2.82. The van der Waals surface area contributed by atoms with Gasteiger partial charge in [0, 0.05) is 13.5 Å². The van der Waals surface area contributed by atoms with Crippen LogP contribution in [0, 0.1) is 6.92 Å². The molecule has 2 aromatic rings. The normalized spacial score (nSPS) is 12.7. The Labute approximate surface area is 116 Å². The van der Waals surface area contributed by atoms with Crippen molar-refractivity contribution in [1.29, 1.82) is 0 Å². The first kappa shape index (κ1) is 13.3. The molecule has 1 N–H and O–H groups in total. The topological polar surface area (TPSA) is 38.0 Å². The largest absolute Gasteiger partial charge is 0.392 e. The number of aliphatic hydroxyl groups is 1. The lowest BCUT2D eigenvalue weighted by Crippen LogP contribution is -2.16. The van der Waals surface area contributed by atoms with Crippen LogP contribution in [-0.2, 0) is 19.9 Å². The molecule has 0 bridgehead atoms. The molecule has 0 amide bonds. The number of rotatable bonds is 4. The quantitative estimate of drug-likeness (QED) is 0.943. The molecule has 0 saturated heterocycles. The van der Waals surface area contributed by atoms with Crippen LogP contribution in [0.1, 0.15) is 17.0 Å². The minimum Gasteiger partial charge on any atom is -0.392 e. The molecule has 1 heterocycles. The standard InChI is InChI=1S/C14H17BrN2O/c1-10-14(15)13(17(2)16-10)9-12(18)8-11-6-4-3-5-7-11/h3-7,12,18H,8-9H2,1-2H3. The molecule has 18 heavy (non-hydrogen) atoms. The van der Waals surface area contributed by atoms with E-state index in [2.05, 4.69) is 21.0 Å². The highest BCUT2D eigenvalue weighted by Gasteiger charge is 2.15. The second kappa shape index (κ2) is 5.67. The number of aryl methyl sites for hydroxylation is 2. The van der Waals surface area contributed by atoms with Gasteiger partial charge in [0.2, 0.25) is 0 Å². The summed E-state index contributed by atoms with van der Waals surface area (Å²) in [7, 11) is 1.91. The minimum atomic E-state index is -0.390. The van der Waals surface area contributed by atoms with Gasteiger partial charge in [0.1, 0.15) is 0 Å². The number of aromatic nitrogens is 2. The van der Waals surface area contributed by atoms with Crippen molar-refractivity contribution in [2.75, 3.05) is 0 Å². The van der Waals surface area contributed by atoms with Gasteiger partial charge in [0.25, 0.3) is 0 Å². The zero-order chi connectivity index (χ0) is 13.1. The first-order valence-corrected chi connectivity index (χ1v) is 6.77. The van der Waals surface area contributed by atoms with Gasteiger partial charge in [-0.1, -0.05) is 30.3 Å². The van der Waals surface area contributed by atoms with Crippen LogP contribution >= 0.6 is 15.9 Å². The van der Waals surface area contributed by atoms with Gasteiger partial charge in [-0.05, 0) is 34.8 Å². The molecule has 0 aliphatic rings. The molecular formula is C14H17BrN2O. The number of hydrogen-bond acceptors (Lipinski definition) is 2. The zero-order valence-corrected chi connectivity index (χ0v) is 12.2. The van der Waals surface area contributed by atoms with E-state index in [1.54, 1.807) is 0 Å². The van der Waals surface area contributed by atoms with Crippen molar-refractivity contribution in [2.24, 2.45) is 7.05 Å². The van der Waals surface area contributed by atoms with Gasteiger partial charge in [0.15, 0.2) is 0 Å². The molecule has 0 radical (unpaired) electrons. The van der Waals surface area contributed by atoms with Gasteiger partial charge in [0.05, 0.1) is 22.0 Å². The highest BCUT2D eigenvalue weighted by Crippen LogP contribution is 2.22. The van der Waals surface area contributed by atoms with E-state index in [-0.39, 0.29) is 0 Å². The van der Waals surface area contributed by atoms with E-state index in [9.17, 15) is 5.11 Å². The molecule has 1 unspecified atom stereocenters. The van der Waals surface area contributed by atoms with Gasteiger partial charge in [-0.2, -0.15) is 5.10 Å². The predicted octanol–water partition coefficient (Wildman–Crippen LogP) is 2.64. The van der Waals surface area contributed by atoms with Crippen LogP contribution in [0.2, 0.25) is 0 Å². The van der Waals surface area contributed by atoms with Crippen molar-refractivity contribution in [1.82, 2.24) is 9.78 Å². The average Bonchev–Trinajstić information content (AvgIpc) is 2.57. The first-order valence-electron chi connectivity index (χ1n) is 5.98. The number of nitrogens with zero attached hydrogens (tertiary/aromatic N) is 2. The molecule has 1 aromatic heterocycles. The Balaban J connectivity index is 2.05. The van der Waals surface area contributed by atoms with Gasteiger partial charge >= 0.3 is 0 Å². The zero-order valence-electron chi connectivity index (χ0n) is 10.6. The van der Waals surface area contributed by atoms with Gasteiger partial charge < -0.3 is 5.11 Å². The van der Waals surface area contributed by atoms with E-state index in [0.29, 0.717) is 12.8 Å². The van der Waals surface area contributed by atoms with Crippen molar-refractivity contribution >= 4 is 15.9 Å². The molecule has 0 fully saturated rings. The third kappa shape index (κ3) is 3.00. The van der Waals surface area contributed by atoms with Crippen LogP contribution in [-0.4, -0.2) is 21.0 Å². The van der Waals surface area contributed by atoms with E-state index in [0.717, 1.165) is 21.4 Å². The fraction of sp³-hybridized carbons (Fsp3) is 0.357. The summed E-state index contributed by atoms with van der Waals surface area (Å²) in [6.07, 6.45) is 0.878. The lowest BCUT2D eigenvalue weighted by Gasteiger charge is -2.11. The maximum atomic E-state index is 10.2. The lowest BCUT2D eigenvalue weighted by atomic mass is 10.0. The smallest absolute Gasteiger partial charge is 0.0738 e. The monoisotopic (exact) mass is 308 g/mol. The molecule has 4 heteroatoms. The lowest BCUT2D eigenvalue weighted by molar-refractivity contribution is 0.172. The molecule has 0 aliphatic heterocycles. The molecule has 1 aromatic carbocycles. The highest BCUT2D eigenvalue weighted by molar-refractivity contribution is 9.10. The molecule has 3 nitrogen and oxygen atoms in total. The maximum absolute atomic E-state index is 10.2. The second-order valence-electron chi connectivity index (χ2n) is 4.52. The first-order chi connectivity index (χ1) is 8.58. The molecule has 1 atom stereocenters. The Bertz CT molecular complexity index is 522. The molecule has 0 saturated carbocycles. The Morgan fingerprint density at radius 1 is 1.28 bits per heavy atom. The molecular weight excluding hydrogens is 292 g/mol. The third-order valence-electron chi connectivity index (χ3n) is 3.00. The summed E-state index contributed by atoms with van der Waals surface area (Å²) in [5.74, 6) is 0. The van der Waals surface area contributed by atoms with Crippen molar-refractivity contribution < 1.29 is 5.11 Å². The summed E-state index contributed by atoms with van der Waals surface area (Å²) in [5, 5.41) is 14.5. The molecule has 2 rings (SSSR count). The molecule has 0 spiro atoms. The van der Waals surface area contributed by atoms with Crippen LogP contribution in [0.4, 0.5) is 0 Å². The number of aliphatic hydroxyl groups excluding tert-OH is 1. The summed E-state index contributed by atoms with van der Waals surface area (Å²) in [6, 6.07) is 10.0. The van der Waals surface area contributed by atoms with E-state index < -0.39 is 6.10 Å². The van der Waals surface area contributed by atoms with Gasteiger partial charge in [-0.15, -0.1) is 0 Å². The van der Waals surface area contributed by atoms with Crippen LogP contribution in [0.5, 0.6) is 0 Å². The summed E-state index contributed by atoms with van der Waals surface area (Å²) in [4.78, 5) is 0. The van der Waals surface area contributed by atoms with Crippen LogP contribution in [0.25, 0.3) is 0 Å². The minimum absolute atomic E-state index is 0.390. The molecule has 96 valence electrons. The fourth-order valence-electron chi connectivity index (χ4n) is 2.08. The van der Waals surface area contributed by atoms with Crippen molar-refractivity contribution in [3.8, 4) is 0 Å². The van der Waals surface area contributed by atoms with E-state index in [1.807, 2.05) is 49.0 Å². The number of benzene rings is 1. The Hall–Kier alpha value is -1.13. The summed E-state index contributed by atoms with van der Waals surface area (Å²) >= 11 is 3.52. The summed E-state index contributed by atoms with van der Waals surface area (Å²) in [6.45, 7) is 1.96. The fourth-order valence-corrected chi connectivity index (χ4v) is 2.58. The second-order valence-corrected chi connectivity index (χ2v) is 5.31. The number of hydrogen-bond donors (Lipinski definition) is 1. The average molecular weight is 309 g/mol. The predicted molar refractivity (Wildman–Crippen MR) is 75.5 cm³/mol. The van der Waals surface area contributed by atoms with Crippen molar-refractivity contribution in [3.63, 3.8) is 0 Å². The maximum Gasteiger partial charge on any atom is 0.0738 e. The Morgan fingerprint density at radius 2 is 1.94 bits per heavy atom. The van der Waals surface area contributed by atoms with E-state index in [4.69, 9.17) is 0 Å². The van der Waals surface area contributed by atoms with Crippen LogP contribution < -0.4 is 0 Å². The number of halogens is 1. The van der Waals surface area contributed by atoms with Crippen LogP contribution in [0.15, 0.2) is 34.8 Å². The molecule has 0 aliphatic carbocycles. The SMILES string of the molecule is Cc1nn(C)c(CC(O)Cc2ccccc2)c1Br. The highest BCUT2D eigenvalue weighted by atomic mass is 79.9. The van der Waals surface area contributed by atoms with Crippen molar-refractivity contribution in [2.45, 2.75) is 25.9 Å². The van der Waals surface area contributed by atoms with E-state index in [1.165, 1.54) is 0 Å². The van der Waals surface area contributed by atoms with Gasteiger partial charge in [-0.3, -0.25) is 4.68 Å². The summed E-state index contributed by atoms with van der Waals surface area (Å²) in [5.41, 5.74) is 3.15. The van der Waals surface area contributed by atoms with E-state index >= 15 is 0 Å². The van der Waals surface area contributed by atoms with Crippen molar-refractivity contribution in [3.05, 3.63) is 51.8 Å². The Morgan fingerprint density at radius 3 is 2.50 bits per heavy atom. The Kier molecular flexibility index (Phi) is 4.19. The third-order valence-corrected chi connectivity index (χ3v) is 4.04. The van der Waals surface area contributed by atoms with Crippen LogP contribution in [0.3, 0.4) is 0 Å². The van der Waals surface area contributed by atoms with Gasteiger partial charge in [-0.25, -0.2) is 0 Å².